The Morgan fingerprint density at radius 1 is 0.815 bits per heavy atom. The van der Waals surface area contributed by atoms with Gasteiger partial charge in [-0.1, -0.05) is 43.2 Å². The zero-order valence-corrected chi connectivity index (χ0v) is 17.0. The molecule has 138 valence electrons. The van der Waals surface area contributed by atoms with Crippen molar-refractivity contribution in [2.24, 2.45) is 7.05 Å². The molecule has 1 aliphatic rings. The molecule has 1 saturated carbocycles. The fourth-order valence-corrected chi connectivity index (χ4v) is 4.80. The van der Waals surface area contributed by atoms with Crippen LogP contribution in [0.4, 0.5) is 0 Å². The summed E-state index contributed by atoms with van der Waals surface area (Å²) in [6, 6.07) is 18.1. The van der Waals surface area contributed by atoms with E-state index in [4.69, 9.17) is 0 Å². The normalized spacial score (nSPS) is 14.7. The van der Waals surface area contributed by atoms with Crippen molar-refractivity contribution in [3.8, 4) is 22.4 Å². The van der Waals surface area contributed by atoms with E-state index < -0.39 is 0 Å². The van der Waals surface area contributed by atoms with Crippen LogP contribution in [0.3, 0.4) is 0 Å². The molecule has 4 rings (SSSR count). The minimum Gasteiger partial charge on any atom is -0.201 e. The summed E-state index contributed by atoms with van der Waals surface area (Å²) in [5.41, 5.74) is 11.0. The Hall–Kier alpha value is -2.41. The van der Waals surface area contributed by atoms with Gasteiger partial charge in [-0.15, -0.1) is 0 Å². The summed E-state index contributed by atoms with van der Waals surface area (Å²) in [6.07, 6.45) is 7.69. The number of hydrogen-bond acceptors (Lipinski definition) is 0. The molecule has 1 fully saturated rings. The van der Waals surface area contributed by atoms with Gasteiger partial charge < -0.3 is 0 Å². The van der Waals surface area contributed by atoms with Gasteiger partial charge in [0.2, 0.25) is 5.69 Å². The minimum absolute atomic E-state index is 0.771. The second-order valence-electron chi connectivity index (χ2n) is 8.24. The molecule has 0 saturated heterocycles. The van der Waals surface area contributed by atoms with Crippen molar-refractivity contribution in [2.75, 3.05) is 0 Å². The van der Waals surface area contributed by atoms with Crippen LogP contribution in [0.5, 0.6) is 0 Å². The Morgan fingerprint density at radius 2 is 1.48 bits per heavy atom. The molecule has 0 spiro atoms. The van der Waals surface area contributed by atoms with E-state index in [-0.39, 0.29) is 0 Å². The van der Waals surface area contributed by atoms with Gasteiger partial charge in [-0.3, -0.25) is 0 Å². The highest BCUT2D eigenvalue weighted by Crippen LogP contribution is 2.38. The summed E-state index contributed by atoms with van der Waals surface area (Å²) in [5, 5.41) is 0. The third-order valence-electron chi connectivity index (χ3n) is 6.24. The van der Waals surface area contributed by atoms with E-state index in [1.807, 2.05) is 0 Å². The summed E-state index contributed by atoms with van der Waals surface area (Å²) < 4.78 is 2.23. The quantitative estimate of drug-likeness (QED) is 0.476. The second-order valence-corrected chi connectivity index (χ2v) is 8.24. The predicted octanol–water partition coefficient (Wildman–Crippen LogP) is 6.43. The third kappa shape index (κ3) is 3.43. The molecule has 0 amide bonds. The highest BCUT2D eigenvalue weighted by Gasteiger charge is 2.20. The first-order chi connectivity index (χ1) is 13.0. The number of hydrogen-bond donors (Lipinski definition) is 0. The van der Waals surface area contributed by atoms with Crippen molar-refractivity contribution < 1.29 is 4.57 Å². The maximum atomic E-state index is 2.44. The van der Waals surface area contributed by atoms with Crippen molar-refractivity contribution in [1.82, 2.24) is 0 Å². The second kappa shape index (κ2) is 7.31. The monoisotopic (exact) mass is 356 g/mol. The van der Waals surface area contributed by atoms with Gasteiger partial charge in [0, 0.05) is 17.7 Å². The first kappa shape index (κ1) is 18.0. The summed E-state index contributed by atoms with van der Waals surface area (Å²) >= 11 is 0. The lowest BCUT2D eigenvalue weighted by Gasteiger charge is -2.17. The molecule has 0 bridgehead atoms. The molecule has 0 radical (unpaired) electrons. The summed E-state index contributed by atoms with van der Waals surface area (Å²) in [4.78, 5) is 0. The van der Waals surface area contributed by atoms with Crippen LogP contribution < -0.4 is 4.57 Å². The van der Waals surface area contributed by atoms with E-state index >= 15 is 0 Å². The number of aryl methyl sites for hydroxylation is 4. The minimum atomic E-state index is 0.771. The van der Waals surface area contributed by atoms with E-state index in [1.54, 1.807) is 5.56 Å². The molecule has 3 aromatic rings. The van der Waals surface area contributed by atoms with E-state index in [0.29, 0.717) is 0 Å². The maximum absolute atomic E-state index is 2.44. The van der Waals surface area contributed by atoms with E-state index in [2.05, 4.69) is 87.1 Å². The Labute approximate surface area is 163 Å². The maximum Gasteiger partial charge on any atom is 0.213 e. The topological polar surface area (TPSA) is 3.88 Å². The van der Waals surface area contributed by atoms with Crippen molar-refractivity contribution >= 4 is 0 Å². The third-order valence-corrected chi connectivity index (χ3v) is 6.24. The van der Waals surface area contributed by atoms with E-state index in [9.17, 15) is 0 Å². The molecular formula is C26H30N+. The Kier molecular flexibility index (Phi) is 4.86. The molecule has 0 atom stereocenters. The highest BCUT2D eigenvalue weighted by atomic mass is 14.9. The molecule has 1 aromatic heterocycles. The van der Waals surface area contributed by atoms with Gasteiger partial charge >= 0.3 is 0 Å². The van der Waals surface area contributed by atoms with Crippen LogP contribution in [0.25, 0.3) is 22.4 Å². The van der Waals surface area contributed by atoms with Crippen LogP contribution in [0.1, 0.15) is 53.9 Å². The fraction of sp³-hybridized carbons (Fsp3) is 0.346. The molecule has 2 aromatic carbocycles. The average molecular weight is 357 g/mol. The Bertz CT molecular complexity index is 954. The first-order valence-electron chi connectivity index (χ1n) is 10.2. The van der Waals surface area contributed by atoms with E-state index in [0.717, 1.165) is 5.92 Å². The van der Waals surface area contributed by atoms with Gasteiger partial charge in [-0.05, 0) is 79.0 Å². The lowest BCUT2D eigenvalue weighted by atomic mass is 9.88. The number of rotatable bonds is 3. The number of aromatic nitrogens is 1. The van der Waals surface area contributed by atoms with Gasteiger partial charge in [0.25, 0.3) is 0 Å². The SMILES string of the molecule is Cc1ccccc1-c1cc(-c2c(C)cc(C3CCCC3)cc2C)cc[n+]1C. The lowest BCUT2D eigenvalue weighted by molar-refractivity contribution is -0.660. The van der Waals surface area contributed by atoms with Crippen LogP contribution in [0.2, 0.25) is 0 Å². The van der Waals surface area contributed by atoms with Gasteiger partial charge in [-0.25, -0.2) is 4.57 Å². The van der Waals surface area contributed by atoms with Crippen LogP contribution in [-0.4, -0.2) is 0 Å². The standard InChI is InChI=1S/C26H30N/c1-18-9-5-8-12-24(18)25-17-22(13-14-27(25)4)26-19(2)15-23(16-20(26)3)21-10-6-7-11-21/h5,8-9,12-17,21H,6-7,10-11H2,1-4H3/q+1. The van der Waals surface area contributed by atoms with Crippen LogP contribution >= 0.6 is 0 Å². The van der Waals surface area contributed by atoms with Crippen molar-refractivity contribution in [3.63, 3.8) is 0 Å². The van der Waals surface area contributed by atoms with Crippen LogP contribution in [0.15, 0.2) is 54.7 Å². The molecule has 0 N–H and O–H groups in total. The molecule has 0 unspecified atom stereocenters. The number of nitrogens with zero attached hydrogens (tertiary/aromatic N) is 1. The summed E-state index contributed by atoms with van der Waals surface area (Å²) in [6.45, 7) is 6.75. The van der Waals surface area contributed by atoms with Gasteiger partial charge in [0.1, 0.15) is 7.05 Å². The summed E-state index contributed by atoms with van der Waals surface area (Å²) in [5.74, 6) is 0.771. The number of benzene rings is 2. The Balaban J connectivity index is 1.80. The van der Waals surface area contributed by atoms with Crippen molar-refractivity contribution in [1.29, 1.82) is 0 Å². The lowest BCUT2D eigenvalue weighted by Crippen LogP contribution is -2.30. The van der Waals surface area contributed by atoms with Gasteiger partial charge in [0.05, 0.1) is 0 Å². The molecule has 0 aliphatic heterocycles. The Morgan fingerprint density at radius 3 is 2.15 bits per heavy atom. The zero-order chi connectivity index (χ0) is 19.0. The van der Waals surface area contributed by atoms with Crippen molar-refractivity contribution in [2.45, 2.75) is 52.4 Å². The molecule has 1 aliphatic carbocycles. The van der Waals surface area contributed by atoms with Gasteiger partial charge in [0.15, 0.2) is 6.20 Å². The predicted molar refractivity (Wildman–Crippen MR) is 114 cm³/mol. The smallest absolute Gasteiger partial charge is 0.201 e. The zero-order valence-electron chi connectivity index (χ0n) is 17.0. The van der Waals surface area contributed by atoms with Crippen LogP contribution in [-0.2, 0) is 7.05 Å². The average Bonchev–Trinajstić information content (AvgIpc) is 3.18. The molecule has 1 nitrogen and oxygen atoms in total. The summed E-state index contributed by atoms with van der Waals surface area (Å²) in [7, 11) is 2.13. The molecule has 1 heteroatoms. The molecule has 1 heterocycles. The van der Waals surface area contributed by atoms with Crippen LogP contribution in [0, 0.1) is 20.8 Å². The highest BCUT2D eigenvalue weighted by molar-refractivity contribution is 5.75. The van der Waals surface area contributed by atoms with E-state index in [1.165, 1.54) is 64.8 Å². The van der Waals surface area contributed by atoms with Crippen molar-refractivity contribution in [3.05, 3.63) is 77.0 Å². The van der Waals surface area contributed by atoms with Gasteiger partial charge in [-0.2, -0.15) is 0 Å². The molecular weight excluding hydrogens is 326 g/mol. The number of pyridine rings is 1. The first-order valence-corrected chi connectivity index (χ1v) is 10.2. The fourth-order valence-electron chi connectivity index (χ4n) is 4.80. The molecule has 27 heavy (non-hydrogen) atoms. The largest absolute Gasteiger partial charge is 0.213 e.